The second-order valence-electron chi connectivity index (χ2n) is 6.69. The molecule has 1 saturated heterocycles. The SMILES string of the molecule is [2H]C([2H])([2H])OC1(C)CCN(C2=C(C#C)C(=O)Cc3cnc(CC)cc32)CC1. The van der Waals surface area contributed by atoms with Crippen LogP contribution >= 0.6 is 0 Å². The molecule has 2 aliphatic rings. The molecule has 1 aliphatic heterocycles. The van der Waals surface area contributed by atoms with E-state index >= 15 is 0 Å². The van der Waals surface area contributed by atoms with Gasteiger partial charge in [0.05, 0.1) is 21.0 Å². The van der Waals surface area contributed by atoms with E-state index in [0.29, 0.717) is 31.5 Å². The minimum atomic E-state index is -2.42. The highest BCUT2D eigenvalue weighted by molar-refractivity contribution is 6.10. The van der Waals surface area contributed by atoms with Crippen molar-refractivity contribution in [1.82, 2.24) is 9.88 Å². The number of aromatic nitrogens is 1. The van der Waals surface area contributed by atoms with Gasteiger partial charge in [0.2, 0.25) is 0 Å². The highest BCUT2D eigenvalue weighted by Crippen LogP contribution is 2.36. The zero-order valence-electron chi connectivity index (χ0n) is 17.2. The maximum atomic E-state index is 12.6. The van der Waals surface area contributed by atoms with Gasteiger partial charge in [-0.3, -0.25) is 9.78 Å². The minimum absolute atomic E-state index is 0.0712. The second-order valence-corrected chi connectivity index (χ2v) is 6.69. The molecular formula is C20H24N2O2. The van der Waals surface area contributed by atoms with Crippen LogP contribution in [-0.4, -0.2) is 41.4 Å². The van der Waals surface area contributed by atoms with E-state index in [4.69, 9.17) is 15.3 Å². The predicted molar refractivity (Wildman–Crippen MR) is 94.3 cm³/mol. The molecule has 0 aromatic carbocycles. The molecule has 0 bridgehead atoms. The van der Waals surface area contributed by atoms with Crippen LogP contribution in [0.4, 0.5) is 0 Å². The van der Waals surface area contributed by atoms with Crippen molar-refractivity contribution >= 4 is 11.5 Å². The molecule has 0 N–H and O–H groups in total. The molecule has 0 saturated carbocycles. The highest BCUT2D eigenvalue weighted by Gasteiger charge is 2.34. The maximum Gasteiger partial charge on any atom is 0.177 e. The Morgan fingerprint density at radius 1 is 1.50 bits per heavy atom. The lowest BCUT2D eigenvalue weighted by Crippen LogP contribution is -2.43. The topological polar surface area (TPSA) is 42.4 Å². The fraction of sp³-hybridized carbons (Fsp3) is 0.500. The molecule has 4 nitrogen and oxygen atoms in total. The van der Waals surface area contributed by atoms with Crippen molar-refractivity contribution in [3.05, 3.63) is 34.7 Å². The van der Waals surface area contributed by atoms with Crippen molar-refractivity contribution < 1.29 is 13.6 Å². The molecule has 1 fully saturated rings. The van der Waals surface area contributed by atoms with E-state index in [1.165, 1.54) is 0 Å². The second kappa shape index (κ2) is 6.41. The lowest BCUT2D eigenvalue weighted by Gasteiger charge is -2.41. The van der Waals surface area contributed by atoms with Gasteiger partial charge in [0.1, 0.15) is 0 Å². The average molecular weight is 327 g/mol. The van der Waals surface area contributed by atoms with Crippen LogP contribution in [0.1, 0.15) is 47.6 Å². The van der Waals surface area contributed by atoms with Gasteiger partial charge >= 0.3 is 0 Å². The number of Topliss-reactive ketones (excluding diaryl/α,β-unsaturated/α-hetero) is 1. The van der Waals surface area contributed by atoms with Crippen LogP contribution in [0.25, 0.3) is 5.70 Å². The Morgan fingerprint density at radius 2 is 2.25 bits per heavy atom. The van der Waals surface area contributed by atoms with Gasteiger partial charge in [-0.25, -0.2) is 0 Å². The van der Waals surface area contributed by atoms with Crippen LogP contribution in [0.15, 0.2) is 17.8 Å². The number of nitrogens with zero attached hydrogens (tertiary/aromatic N) is 2. The number of rotatable bonds is 3. The molecule has 24 heavy (non-hydrogen) atoms. The molecule has 4 heteroatoms. The van der Waals surface area contributed by atoms with Gasteiger partial charge < -0.3 is 9.64 Å². The van der Waals surface area contributed by atoms with Crippen molar-refractivity contribution in [2.75, 3.05) is 20.1 Å². The largest absolute Gasteiger partial charge is 0.378 e. The lowest BCUT2D eigenvalue weighted by molar-refractivity contribution is -0.114. The van der Waals surface area contributed by atoms with E-state index in [1.807, 2.05) is 19.9 Å². The van der Waals surface area contributed by atoms with Crippen LogP contribution in [-0.2, 0) is 22.4 Å². The summed E-state index contributed by atoms with van der Waals surface area (Å²) in [5, 5.41) is 0. The number of piperidine rings is 1. The predicted octanol–water partition coefficient (Wildman–Crippen LogP) is 2.61. The Bertz CT molecular complexity index is 829. The number of carbonyl (C=O) groups is 1. The molecule has 3 rings (SSSR count). The molecule has 1 aromatic rings. The third-order valence-electron chi connectivity index (χ3n) is 5.06. The highest BCUT2D eigenvalue weighted by atomic mass is 16.5. The number of aryl methyl sites for hydroxylation is 1. The quantitative estimate of drug-likeness (QED) is 0.801. The van der Waals surface area contributed by atoms with Gasteiger partial charge in [-0.1, -0.05) is 12.8 Å². The Kier molecular flexibility index (Phi) is 3.53. The number of likely N-dealkylation sites (tertiary alicyclic amines) is 1. The van der Waals surface area contributed by atoms with Crippen LogP contribution in [0.3, 0.4) is 0 Å². The maximum absolute atomic E-state index is 12.6. The molecule has 0 atom stereocenters. The zero-order valence-corrected chi connectivity index (χ0v) is 14.2. The molecule has 1 aliphatic carbocycles. The summed E-state index contributed by atoms with van der Waals surface area (Å²) in [7, 11) is -2.42. The molecule has 2 heterocycles. The van der Waals surface area contributed by atoms with Gasteiger partial charge in [0.25, 0.3) is 0 Å². The van der Waals surface area contributed by atoms with Crippen LogP contribution < -0.4 is 0 Å². The molecular weight excluding hydrogens is 300 g/mol. The van der Waals surface area contributed by atoms with E-state index in [9.17, 15) is 4.79 Å². The third-order valence-corrected chi connectivity index (χ3v) is 5.06. The summed E-state index contributed by atoms with van der Waals surface area (Å²) in [4.78, 5) is 19.1. The molecule has 1 aromatic heterocycles. The Balaban J connectivity index is 1.93. The average Bonchev–Trinajstić information content (AvgIpc) is 2.59. The fourth-order valence-electron chi connectivity index (χ4n) is 3.39. The summed E-state index contributed by atoms with van der Waals surface area (Å²) < 4.78 is 27.5. The first-order valence-corrected chi connectivity index (χ1v) is 8.33. The van der Waals surface area contributed by atoms with Crippen molar-refractivity contribution in [1.29, 1.82) is 0 Å². The van der Waals surface area contributed by atoms with E-state index in [1.54, 1.807) is 6.20 Å². The molecule has 0 radical (unpaired) electrons. The molecule has 0 amide bonds. The van der Waals surface area contributed by atoms with Crippen LogP contribution in [0.2, 0.25) is 0 Å². The van der Waals surface area contributed by atoms with E-state index < -0.39 is 12.6 Å². The summed E-state index contributed by atoms with van der Waals surface area (Å²) in [6.07, 6.45) is 9.60. The number of allylic oxidation sites excluding steroid dienone is 1. The number of carbonyl (C=O) groups excluding carboxylic acids is 1. The van der Waals surface area contributed by atoms with E-state index in [2.05, 4.69) is 15.8 Å². The fourth-order valence-corrected chi connectivity index (χ4v) is 3.39. The first kappa shape index (κ1) is 13.2. The third kappa shape index (κ3) is 2.85. The summed E-state index contributed by atoms with van der Waals surface area (Å²) in [6, 6.07) is 2.02. The Labute approximate surface area is 148 Å². The smallest absolute Gasteiger partial charge is 0.177 e. The zero-order chi connectivity index (χ0) is 19.8. The first-order valence-electron chi connectivity index (χ1n) is 9.83. The Hall–Kier alpha value is -2.12. The number of terminal acetylenes is 1. The number of ketones is 1. The summed E-state index contributed by atoms with van der Waals surface area (Å²) >= 11 is 0. The summed E-state index contributed by atoms with van der Waals surface area (Å²) in [6.45, 7) is 5.01. The van der Waals surface area contributed by atoms with Crippen LogP contribution in [0, 0.1) is 12.3 Å². The van der Waals surface area contributed by atoms with Crippen molar-refractivity contribution in [3.63, 3.8) is 0 Å². The minimum Gasteiger partial charge on any atom is -0.378 e. The van der Waals surface area contributed by atoms with Gasteiger partial charge in [-0.2, -0.15) is 0 Å². The normalized spacial score (nSPS) is 22.3. The van der Waals surface area contributed by atoms with Crippen LogP contribution in [0.5, 0.6) is 0 Å². The van der Waals surface area contributed by atoms with Crippen molar-refractivity contribution in [2.24, 2.45) is 0 Å². The van der Waals surface area contributed by atoms with Gasteiger partial charge in [0.15, 0.2) is 5.78 Å². The summed E-state index contributed by atoms with van der Waals surface area (Å²) in [5.41, 5.74) is 3.26. The van der Waals surface area contributed by atoms with E-state index in [-0.39, 0.29) is 12.2 Å². The summed E-state index contributed by atoms with van der Waals surface area (Å²) in [5.74, 6) is 2.51. The monoisotopic (exact) mass is 327 g/mol. The Morgan fingerprint density at radius 3 is 2.88 bits per heavy atom. The molecule has 0 unspecified atom stereocenters. The number of pyridine rings is 1. The first-order chi connectivity index (χ1) is 12.7. The van der Waals surface area contributed by atoms with Gasteiger partial charge in [-0.05, 0) is 37.8 Å². The van der Waals surface area contributed by atoms with Gasteiger partial charge in [-0.15, -0.1) is 6.42 Å². The standard InChI is InChI=1S/C20H24N2O2/c1-5-15-12-17-14(13-21-15)11-18(23)16(6-2)19(17)22-9-7-20(3,24-4)8-10-22/h2,12-13H,5,7-11H2,1,3-4H3/i4D3. The number of fused-ring (bicyclic) bond motifs is 1. The molecule has 126 valence electrons. The van der Waals surface area contributed by atoms with Crippen molar-refractivity contribution in [3.8, 4) is 12.3 Å². The number of ether oxygens (including phenoxy) is 1. The van der Waals surface area contributed by atoms with Crippen molar-refractivity contribution in [2.45, 2.75) is 45.1 Å². The molecule has 0 spiro atoms. The number of hydrogen-bond donors (Lipinski definition) is 0. The number of methoxy groups -OCH3 is 1. The number of hydrogen-bond acceptors (Lipinski definition) is 4. The van der Waals surface area contributed by atoms with E-state index in [0.717, 1.165) is 28.9 Å². The lowest BCUT2D eigenvalue weighted by atomic mass is 9.86. The van der Waals surface area contributed by atoms with Gasteiger partial charge in [0, 0.05) is 44.0 Å².